The van der Waals surface area contributed by atoms with Crippen LogP contribution in [0.2, 0.25) is 0 Å². The van der Waals surface area contributed by atoms with Gasteiger partial charge >= 0.3 is 5.97 Å². The van der Waals surface area contributed by atoms with Gasteiger partial charge in [0.1, 0.15) is 0 Å². The third kappa shape index (κ3) is 4.85. The highest BCUT2D eigenvalue weighted by atomic mass is 16.5. The van der Waals surface area contributed by atoms with Crippen LogP contribution in [0.4, 0.5) is 0 Å². The van der Waals surface area contributed by atoms with Crippen molar-refractivity contribution in [3.8, 4) is 16.8 Å². The van der Waals surface area contributed by atoms with Crippen LogP contribution in [0, 0.1) is 41.5 Å². The monoisotopic (exact) mass is 461 g/mol. The van der Waals surface area contributed by atoms with Crippen LogP contribution in [-0.4, -0.2) is 21.2 Å². The van der Waals surface area contributed by atoms with E-state index in [1.807, 2.05) is 96.4 Å². The van der Waals surface area contributed by atoms with Gasteiger partial charge in [0.15, 0.2) is 11.5 Å². The topological polar surface area (TPSA) is 68.5 Å². The van der Waals surface area contributed by atoms with Gasteiger partial charge in [0, 0.05) is 22.5 Å². The van der Waals surface area contributed by atoms with Gasteiger partial charge in [0.2, 0.25) is 0 Å². The Hall–Kier alpha value is -3.18. The molecule has 0 aliphatic heterocycles. The number of benzene rings is 2. The van der Waals surface area contributed by atoms with Crippen molar-refractivity contribution in [3.63, 3.8) is 0 Å². The number of pyridine rings is 1. The summed E-state index contributed by atoms with van der Waals surface area (Å²) in [5.74, 6) is -1.13. The molecule has 0 spiro atoms. The SMILES string of the molecule is Cc1ccc(-c2c(C)n(-c3ccc(C)c(C)c3)c(C(OC(C)(C)C)C(=O)O)c(C)c2=O)cc1C. The number of carboxylic acids is 1. The van der Waals surface area contributed by atoms with Crippen LogP contribution >= 0.6 is 0 Å². The van der Waals surface area contributed by atoms with Gasteiger partial charge in [-0.1, -0.05) is 24.3 Å². The first-order valence-electron chi connectivity index (χ1n) is 11.5. The van der Waals surface area contributed by atoms with Crippen LogP contribution in [0.5, 0.6) is 0 Å². The first-order chi connectivity index (χ1) is 15.7. The van der Waals surface area contributed by atoms with Crippen molar-refractivity contribution in [2.75, 3.05) is 0 Å². The van der Waals surface area contributed by atoms with Crippen LogP contribution in [0.15, 0.2) is 41.2 Å². The molecular formula is C29H35NO4. The average molecular weight is 462 g/mol. The molecule has 0 saturated carbocycles. The maximum absolute atomic E-state index is 13.7. The van der Waals surface area contributed by atoms with E-state index >= 15 is 0 Å². The fraction of sp³-hybridized carbons (Fsp3) is 0.379. The van der Waals surface area contributed by atoms with E-state index in [4.69, 9.17) is 4.74 Å². The number of aryl methyl sites for hydroxylation is 4. The van der Waals surface area contributed by atoms with Gasteiger partial charge in [0.25, 0.3) is 0 Å². The van der Waals surface area contributed by atoms with Gasteiger partial charge in [0.05, 0.1) is 11.3 Å². The molecule has 3 aromatic rings. The molecule has 1 heterocycles. The van der Waals surface area contributed by atoms with E-state index in [1.165, 1.54) is 0 Å². The molecule has 0 aliphatic rings. The third-order valence-corrected chi connectivity index (χ3v) is 6.38. The Bertz CT molecular complexity index is 1330. The second-order valence-electron chi connectivity index (χ2n) is 10.2. The Kier molecular flexibility index (Phi) is 6.90. The molecule has 1 aromatic heterocycles. The zero-order valence-electron chi connectivity index (χ0n) is 21.7. The summed E-state index contributed by atoms with van der Waals surface area (Å²) in [4.78, 5) is 26.2. The fourth-order valence-electron chi connectivity index (χ4n) is 4.25. The fourth-order valence-corrected chi connectivity index (χ4v) is 4.25. The molecular weight excluding hydrogens is 426 g/mol. The van der Waals surface area contributed by atoms with Crippen LogP contribution < -0.4 is 5.43 Å². The Morgan fingerprint density at radius 2 is 1.44 bits per heavy atom. The lowest BCUT2D eigenvalue weighted by molar-refractivity contribution is -0.161. The first kappa shape index (κ1) is 25.4. The highest BCUT2D eigenvalue weighted by Gasteiger charge is 2.33. The van der Waals surface area contributed by atoms with Gasteiger partial charge in [-0.05, 0) is 102 Å². The number of carbonyl (C=O) groups is 1. The minimum absolute atomic E-state index is 0.181. The first-order valence-corrected chi connectivity index (χ1v) is 11.5. The number of carboxylic acid groups (broad SMARTS) is 1. The Morgan fingerprint density at radius 3 is 1.94 bits per heavy atom. The minimum Gasteiger partial charge on any atom is -0.479 e. The van der Waals surface area contributed by atoms with E-state index < -0.39 is 17.7 Å². The Balaban J connectivity index is 2.48. The maximum Gasteiger partial charge on any atom is 0.339 e. The van der Waals surface area contributed by atoms with Gasteiger partial charge in [-0.25, -0.2) is 4.79 Å². The van der Waals surface area contributed by atoms with Gasteiger partial charge in [-0.3, -0.25) is 4.79 Å². The van der Waals surface area contributed by atoms with Crippen LogP contribution in [0.1, 0.15) is 66.1 Å². The second kappa shape index (κ2) is 9.22. The molecule has 5 nitrogen and oxygen atoms in total. The zero-order valence-corrected chi connectivity index (χ0v) is 21.7. The molecule has 1 N–H and O–H groups in total. The van der Waals surface area contributed by atoms with Crippen molar-refractivity contribution in [2.45, 2.75) is 74.0 Å². The van der Waals surface area contributed by atoms with Crippen LogP contribution in [0.25, 0.3) is 16.8 Å². The van der Waals surface area contributed by atoms with E-state index in [-0.39, 0.29) is 5.43 Å². The summed E-state index contributed by atoms with van der Waals surface area (Å²) in [7, 11) is 0. The highest BCUT2D eigenvalue weighted by molar-refractivity contribution is 5.76. The molecule has 1 unspecified atom stereocenters. The molecule has 180 valence electrons. The van der Waals surface area contributed by atoms with Crippen LogP contribution in [-0.2, 0) is 9.53 Å². The van der Waals surface area contributed by atoms with Crippen molar-refractivity contribution in [1.82, 2.24) is 4.57 Å². The van der Waals surface area contributed by atoms with Gasteiger partial charge < -0.3 is 14.4 Å². The maximum atomic E-state index is 13.7. The average Bonchev–Trinajstić information content (AvgIpc) is 2.73. The number of aromatic nitrogens is 1. The lowest BCUT2D eigenvalue weighted by atomic mass is 9.95. The molecule has 5 heteroatoms. The van der Waals surface area contributed by atoms with Gasteiger partial charge in [-0.2, -0.15) is 0 Å². The molecule has 3 rings (SSSR count). The number of rotatable bonds is 5. The zero-order chi connectivity index (χ0) is 25.5. The number of hydrogen-bond acceptors (Lipinski definition) is 3. The van der Waals surface area contributed by atoms with E-state index in [2.05, 4.69) is 0 Å². The largest absolute Gasteiger partial charge is 0.479 e. The van der Waals surface area contributed by atoms with E-state index in [9.17, 15) is 14.7 Å². The summed E-state index contributed by atoms with van der Waals surface area (Å²) in [5, 5.41) is 10.2. The lowest BCUT2D eigenvalue weighted by Crippen LogP contribution is -2.33. The molecule has 0 radical (unpaired) electrons. The second-order valence-corrected chi connectivity index (χ2v) is 10.2. The van der Waals surface area contributed by atoms with Crippen molar-refractivity contribution < 1.29 is 14.6 Å². The predicted molar refractivity (Wildman–Crippen MR) is 137 cm³/mol. The van der Waals surface area contributed by atoms with Crippen LogP contribution in [0.3, 0.4) is 0 Å². The van der Waals surface area contributed by atoms with Crippen molar-refractivity contribution in [1.29, 1.82) is 0 Å². The van der Waals surface area contributed by atoms with Crippen molar-refractivity contribution in [2.24, 2.45) is 0 Å². The molecule has 0 fully saturated rings. The highest BCUT2D eigenvalue weighted by Crippen LogP contribution is 2.33. The summed E-state index contributed by atoms with van der Waals surface area (Å²) in [6.07, 6.45) is -1.30. The molecule has 34 heavy (non-hydrogen) atoms. The molecule has 0 bridgehead atoms. The predicted octanol–water partition coefficient (Wildman–Crippen LogP) is 6.30. The smallest absolute Gasteiger partial charge is 0.339 e. The number of nitrogens with zero attached hydrogens (tertiary/aromatic N) is 1. The number of aliphatic carboxylic acids is 1. The molecule has 1 atom stereocenters. The quantitative estimate of drug-likeness (QED) is 0.484. The van der Waals surface area contributed by atoms with E-state index in [1.54, 1.807) is 6.92 Å². The summed E-state index contributed by atoms with van der Waals surface area (Å²) in [5.41, 5.74) is 7.14. The number of ether oxygens (including phenoxy) is 1. The molecule has 2 aromatic carbocycles. The van der Waals surface area contributed by atoms with Crippen molar-refractivity contribution >= 4 is 5.97 Å². The van der Waals surface area contributed by atoms with Gasteiger partial charge in [-0.15, -0.1) is 0 Å². The lowest BCUT2D eigenvalue weighted by Gasteiger charge is -2.30. The molecule has 0 saturated heterocycles. The van der Waals surface area contributed by atoms with Crippen molar-refractivity contribution in [3.05, 3.63) is 85.8 Å². The van der Waals surface area contributed by atoms with E-state index in [0.29, 0.717) is 22.5 Å². The normalized spacial score (nSPS) is 12.6. The minimum atomic E-state index is -1.30. The Morgan fingerprint density at radius 1 is 0.882 bits per heavy atom. The summed E-state index contributed by atoms with van der Waals surface area (Å²) < 4.78 is 7.90. The number of hydrogen-bond donors (Lipinski definition) is 1. The summed E-state index contributed by atoms with van der Waals surface area (Å²) in [6, 6.07) is 12.0. The third-order valence-electron chi connectivity index (χ3n) is 6.38. The standard InChI is InChI=1S/C29H35NO4/c1-16-10-12-22(14-18(16)3)24-21(6)30(23-13-11-17(2)19(4)15-23)25(20(5)26(24)31)27(28(32)33)34-29(7,8)9/h10-15,27H,1-9H3,(H,32,33). The molecule has 0 amide bonds. The summed E-state index contributed by atoms with van der Waals surface area (Å²) in [6.45, 7) is 17.1. The van der Waals surface area contributed by atoms with E-state index in [0.717, 1.165) is 33.5 Å². The summed E-state index contributed by atoms with van der Waals surface area (Å²) >= 11 is 0. The Labute approximate surface area is 202 Å². The molecule has 0 aliphatic carbocycles.